The van der Waals surface area contributed by atoms with E-state index in [4.69, 9.17) is 5.73 Å². The fourth-order valence-corrected chi connectivity index (χ4v) is 3.14. The zero-order valence-electron chi connectivity index (χ0n) is 16.5. The van der Waals surface area contributed by atoms with Crippen LogP contribution in [-0.4, -0.2) is 50.5 Å². The highest BCUT2D eigenvalue weighted by Crippen LogP contribution is 2.27. The highest BCUT2D eigenvalue weighted by molar-refractivity contribution is 6.03. The third-order valence-corrected chi connectivity index (χ3v) is 5.03. The van der Waals surface area contributed by atoms with E-state index in [1.807, 2.05) is 0 Å². The highest BCUT2D eigenvalue weighted by atomic mass is 19.4. The van der Waals surface area contributed by atoms with Crippen LogP contribution in [-0.2, 0) is 22.3 Å². The van der Waals surface area contributed by atoms with Gasteiger partial charge >= 0.3 is 6.18 Å². The Hall–Kier alpha value is -3.90. The van der Waals surface area contributed by atoms with E-state index >= 15 is 0 Å². The number of hydrogen-bond acceptors (Lipinski definition) is 7. The summed E-state index contributed by atoms with van der Waals surface area (Å²) >= 11 is 0. The maximum Gasteiger partial charge on any atom is 0.433 e. The van der Waals surface area contributed by atoms with Crippen molar-refractivity contribution in [2.45, 2.75) is 19.1 Å². The molecule has 3 heterocycles. The maximum absolute atomic E-state index is 12.6. The summed E-state index contributed by atoms with van der Waals surface area (Å²) < 4.78 is 39.2. The summed E-state index contributed by atoms with van der Waals surface area (Å²) in [5.74, 6) is -1.14. The molecule has 1 aliphatic carbocycles. The van der Waals surface area contributed by atoms with Crippen LogP contribution in [0.4, 0.5) is 13.2 Å². The zero-order valence-corrected chi connectivity index (χ0v) is 16.5. The summed E-state index contributed by atoms with van der Waals surface area (Å²) in [6.45, 7) is 0.573. The Bertz CT molecular complexity index is 1110. The van der Waals surface area contributed by atoms with Crippen molar-refractivity contribution >= 4 is 17.6 Å². The number of amides is 2. The van der Waals surface area contributed by atoms with Gasteiger partial charge in [-0.2, -0.15) is 18.3 Å². The topological polar surface area (TPSA) is 135 Å². The molecule has 1 unspecified atom stereocenters. The molecule has 0 radical (unpaired) electrons. The van der Waals surface area contributed by atoms with Gasteiger partial charge in [0.1, 0.15) is 23.0 Å². The fourth-order valence-electron chi connectivity index (χ4n) is 3.14. The van der Waals surface area contributed by atoms with Crippen molar-refractivity contribution in [1.29, 1.82) is 0 Å². The van der Waals surface area contributed by atoms with E-state index in [1.165, 1.54) is 23.1 Å². The van der Waals surface area contributed by atoms with Gasteiger partial charge in [0.2, 0.25) is 0 Å². The van der Waals surface area contributed by atoms with Crippen LogP contribution in [0, 0.1) is 5.92 Å². The number of alkyl halides is 3. The van der Waals surface area contributed by atoms with E-state index in [0.717, 1.165) is 12.3 Å². The zero-order chi connectivity index (χ0) is 23.0. The van der Waals surface area contributed by atoms with E-state index < -0.39 is 23.7 Å². The Morgan fingerprint density at radius 1 is 1.28 bits per heavy atom. The molecule has 2 aliphatic rings. The Morgan fingerprint density at radius 3 is 2.66 bits per heavy atom. The minimum Gasteiger partial charge on any atom is -0.383 e. The van der Waals surface area contributed by atoms with Crippen LogP contribution in [0.3, 0.4) is 0 Å². The SMILES string of the molecule is NC1=C(NC(=O)c2cnn(Cc3ccc(C(F)(F)F)nc3)c2)C(=O)NCN1CC1CC1=O. The van der Waals surface area contributed by atoms with Crippen LogP contribution >= 0.6 is 0 Å². The molecule has 0 spiro atoms. The normalized spacial score (nSPS) is 18.6. The molecule has 1 atom stereocenters. The molecule has 1 fully saturated rings. The van der Waals surface area contributed by atoms with Crippen molar-refractivity contribution in [3.8, 4) is 0 Å². The summed E-state index contributed by atoms with van der Waals surface area (Å²) in [7, 11) is 0. The molecular formula is C19H18F3N7O3. The molecule has 13 heteroatoms. The van der Waals surface area contributed by atoms with Gasteiger partial charge in [0.25, 0.3) is 11.8 Å². The Kier molecular flexibility index (Phi) is 5.32. The molecule has 4 N–H and O–H groups in total. The van der Waals surface area contributed by atoms with Gasteiger partial charge in [-0.3, -0.25) is 24.0 Å². The van der Waals surface area contributed by atoms with Crippen LogP contribution in [0.25, 0.3) is 0 Å². The number of ketones is 1. The second-order valence-electron chi connectivity index (χ2n) is 7.44. The highest BCUT2D eigenvalue weighted by Gasteiger charge is 2.38. The number of Topliss-reactive ketones (excluding diaryl/α,β-unsaturated/α-hetero) is 1. The van der Waals surface area contributed by atoms with Gasteiger partial charge in [0.15, 0.2) is 0 Å². The lowest BCUT2D eigenvalue weighted by Crippen LogP contribution is -2.51. The largest absolute Gasteiger partial charge is 0.433 e. The molecule has 0 aromatic carbocycles. The van der Waals surface area contributed by atoms with Gasteiger partial charge in [-0.1, -0.05) is 6.07 Å². The van der Waals surface area contributed by atoms with E-state index in [2.05, 4.69) is 20.7 Å². The molecule has 4 rings (SSSR count). The van der Waals surface area contributed by atoms with E-state index in [1.54, 1.807) is 4.90 Å². The maximum atomic E-state index is 12.6. The first-order valence-electron chi connectivity index (χ1n) is 9.53. The molecule has 2 aromatic rings. The van der Waals surface area contributed by atoms with Crippen LogP contribution < -0.4 is 16.4 Å². The molecule has 168 valence electrons. The number of carbonyl (C=O) groups excluding carboxylic acids is 3. The lowest BCUT2D eigenvalue weighted by atomic mass is 10.2. The number of nitrogens with two attached hydrogens (primary N) is 1. The van der Waals surface area contributed by atoms with Crippen molar-refractivity contribution in [2.24, 2.45) is 11.7 Å². The third-order valence-electron chi connectivity index (χ3n) is 5.03. The number of nitrogens with one attached hydrogen (secondary N) is 2. The lowest BCUT2D eigenvalue weighted by Gasteiger charge is -2.31. The van der Waals surface area contributed by atoms with Crippen LogP contribution in [0.1, 0.15) is 28.0 Å². The van der Waals surface area contributed by atoms with Gasteiger partial charge in [-0.05, 0) is 11.6 Å². The molecular weight excluding hydrogens is 431 g/mol. The molecule has 2 aromatic heterocycles. The first kappa shape index (κ1) is 21.3. The molecule has 0 saturated heterocycles. The summed E-state index contributed by atoms with van der Waals surface area (Å²) in [6.07, 6.45) is -0.342. The Labute approximate surface area is 179 Å². The minimum absolute atomic E-state index is 0.0602. The molecule has 10 nitrogen and oxygen atoms in total. The number of aromatic nitrogens is 3. The molecule has 32 heavy (non-hydrogen) atoms. The summed E-state index contributed by atoms with van der Waals surface area (Å²) in [4.78, 5) is 41.0. The summed E-state index contributed by atoms with van der Waals surface area (Å²) in [5.41, 5.74) is 5.46. The monoisotopic (exact) mass is 449 g/mol. The van der Waals surface area contributed by atoms with Crippen LogP contribution in [0.15, 0.2) is 42.2 Å². The number of carbonyl (C=O) groups is 3. The smallest absolute Gasteiger partial charge is 0.383 e. The van der Waals surface area contributed by atoms with Crippen molar-refractivity contribution in [2.75, 3.05) is 13.2 Å². The molecule has 1 aliphatic heterocycles. The number of rotatable bonds is 6. The predicted octanol–water partition coefficient (Wildman–Crippen LogP) is 0.181. The van der Waals surface area contributed by atoms with E-state index in [-0.39, 0.29) is 42.0 Å². The minimum atomic E-state index is -4.53. The lowest BCUT2D eigenvalue weighted by molar-refractivity contribution is -0.141. The second-order valence-corrected chi connectivity index (χ2v) is 7.44. The number of nitrogens with zero attached hydrogens (tertiary/aromatic N) is 4. The molecule has 2 amide bonds. The molecule has 1 saturated carbocycles. The van der Waals surface area contributed by atoms with Crippen LogP contribution in [0.2, 0.25) is 0 Å². The van der Waals surface area contributed by atoms with Gasteiger partial charge < -0.3 is 21.3 Å². The van der Waals surface area contributed by atoms with Crippen molar-refractivity contribution in [3.05, 3.63) is 59.1 Å². The van der Waals surface area contributed by atoms with Gasteiger partial charge in [-0.25, -0.2) is 0 Å². The standard InChI is InChI=1S/C19H18F3N7O3/c20-19(21,22)14-2-1-10(4-24-14)6-29-8-12(5-26-29)17(31)27-15-16(23)28(9-25-18(15)32)7-11-3-13(11)30/h1-2,4-5,8,11H,3,6-7,9,23H2,(H,25,32)(H,27,31). The van der Waals surface area contributed by atoms with Crippen molar-refractivity contribution in [3.63, 3.8) is 0 Å². The van der Waals surface area contributed by atoms with E-state index in [0.29, 0.717) is 18.5 Å². The Morgan fingerprint density at radius 2 is 2.03 bits per heavy atom. The van der Waals surface area contributed by atoms with Gasteiger partial charge in [0, 0.05) is 31.3 Å². The number of halogens is 3. The van der Waals surface area contributed by atoms with E-state index in [9.17, 15) is 27.6 Å². The second kappa shape index (κ2) is 7.98. The summed E-state index contributed by atoms with van der Waals surface area (Å²) in [5, 5.41) is 9.06. The number of hydrogen-bond donors (Lipinski definition) is 3. The predicted molar refractivity (Wildman–Crippen MR) is 102 cm³/mol. The average molecular weight is 449 g/mol. The van der Waals surface area contributed by atoms with Crippen LogP contribution in [0.5, 0.6) is 0 Å². The van der Waals surface area contributed by atoms with Crippen molar-refractivity contribution < 1.29 is 27.6 Å². The summed E-state index contributed by atoms with van der Waals surface area (Å²) in [6, 6.07) is 2.14. The van der Waals surface area contributed by atoms with Gasteiger partial charge in [-0.15, -0.1) is 0 Å². The van der Waals surface area contributed by atoms with Gasteiger partial charge in [0.05, 0.1) is 25.0 Å². The van der Waals surface area contributed by atoms with Crippen molar-refractivity contribution in [1.82, 2.24) is 30.3 Å². The third kappa shape index (κ3) is 4.55. The first-order valence-corrected chi connectivity index (χ1v) is 9.53. The first-order chi connectivity index (χ1) is 15.1. The molecule has 0 bridgehead atoms. The quantitative estimate of drug-likeness (QED) is 0.573. The Balaban J connectivity index is 1.42. The average Bonchev–Trinajstić information content (AvgIpc) is 3.22. The number of pyridine rings is 1. The fraction of sp³-hybridized carbons (Fsp3) is 0.316.